The zero-order chi connectivity index (χ0) is 15.6. The first kappa shape index (κ1) is 14.8. The van der Waals surface area contributed by atoms with Gasteiger partial charge in [0, 0.05) is 7.05 Å². The Hall–Kier alpha value is -2.65. The number of rotatable bonds is 3. The molecule has 0 saturated carbocycles. The van der Waals surface area contributed by atoms with Gasteiger partial charge in [-0.25, -0.2) is 4.98 Å². The Morgan fingerprint density at radius 1 is 1.38 bits per heavy atom. The molecule has 0 atom stereocenters. The number of carbonyl (C=O) groups is 1. The summed E-state index contributed by atoms with van der Waals surface area (Å²) in [6.45, 7) is 0.0410. The van der Waals surface area contributed by atoms with Crippen molar-refractivity contribution in [2.75, 3.05) is 7.05 Å². The number of carbonyl (C=O) groups excluding carboxylic acids is 1. The van der Waals surface area contributed by atoms with Gasteiger partial charge < -0.3 is 9.88 Å². The van der Waals surface area contributed by atoms with E-state index in [4.69, 9.17) is 0 Å². The van der Waals surface area contributed by atoms with Crippen LogP contribution in [0, 0.1) is 0 Å². The minimum absolute atomic E-state index is 0.0410. The van der Waals surface area contributed by atoms with Gasteiger partial charge in [-0.3, -0.25) is 14.7 Å². The normalized spacial score (nSPS) is 11.4. The summed E-state index contributed by atoms with van der Waals surface area (Å²) in [6, 6.07) is 1.50. The average Bonchev–Trinajstić information content (AvgIpc) is 2.89. The molecule has 0 aliphatic carbocycles. The molecule has 0 aliphatic heterocycles. The second-order valence-electron chi connectivity index (χ2n) is 4.21. The molecule has 0 aliphatic rings. The molecule has 0 fully saturated rings. The van der Waals surface area contributed by atoms with E-state index in [1.807, 2.05) is 0 Å². The number of H-pyrrole nitrogens is 2. The molecular formula is C11H10F3N5O2. The van der Waals surface area contributed by atoms with Crippen molar-refractivity contribution < 1.29 is 18.0 Å². The quantitative estimate of drug-likeness (QED) is 0.876. The summed E-state index contributed by atoms with van der Waals surface area (Å²) in [6.07, 6.45) is -3.43. The predicted octanol–water partition coefficient (Wildman–Crippen LogP) is 0.784. The van der Waals surface area contributed by atoms with Crippen molar-refractivity contribution in [3.8, 4) is 0 Å². The van der Waals surface area contributed by atoms with Gasteiger partial charge in [0.05, 0.1) is 6.54 Å². The molecule has 2 heterocycles. The maximum atomic E-state index is 12.4. The Morgan fingerprint density at radius 3 is 2.62 bits per heavy atom. The summed E-state index contributed by atoms with van der Waals surface area (Å²) in [5.74, 6) is -0.337. The third-order valence-electron chi connectivity index (χ3n) is 2.64. The summed E-state index contributed by atoms with van der Waals surface area (Å²) >= 11 is 0. The van der Waals surface area contributed by atoms with Crippen LogP contribution in [-0.2, 0) is 12.7 Å². The Morgan fingerprint density at radius 2 is 2.10 bits per heavy atom. The first-order chi connectivity index (χ1) is 9.79. The molecule has 1 amide bonds. The van der Waals surface area contributed by atoms with Crippen molar-refractivity contribution in [1.82, 2.24) is 25.1 Å². The van der Waals surface area contributed by atoms with Crippen LogP contribution in [0.1, 0.15) is 21.9 Å². The van der Waals surface area contributed by atoms with E-state index < -0.39 is 23.3 Å². The molecule has 2 aromatic rings. The smallest absolute Gasteiger partial charge is 0.334 e. The summed E-state index contributed by atoms with van der Waals surface area (Å²) in [5, 5.41) is 6.12. The number of hydrogen-bond acceptors (Lipinski definition) is 4. The fourth-order valence-electron chi connectivity index (χ4n) is 1.62. The summed E-state index contributed by atoms with van der Waals surface area (Å²) in [5.41, 5.74) is -2.69. The number of alkyl halides is 3. The van der Waals surface area contributed by atoms with Crippen LogP contribution in [0.2, 0.25) is 0 Å². The Bertz CT molecular complexity index is 693. The van der Waals surface area contributed by atoms with Gasteiger partial charge in [-0.15, -0.1) is 0 Å². The lowest BCUT2D eigenvalue weighted by Gasteiger charge is -2.15. The van der Waals surface area contributed by atoms with Gasteiger partial charge in [0.25, 0.3) is 11.5 Å². The van der Waals surface area contributed by atoms with Crippen LogP contribution < -0.4 is 5.56 Å². The highest BCUT2D eigenvalue weighted by atomic mass is 19.4. The highest BCUT2D eigenvalue weighted by molar-refractivity contribution is 5.93. The molecular weight excluding hydrogens is 291 g/mol. The largest absolute Gasteiger partial charge is 0.431 e. The van der Waals surface area contributed by atoms with Gasteiger partial charge in [0.1, 0.15) is 23.4 Å². The second kappa shape index (κ2) is 5.38. The van der Waals surface area contributed by atoms with E-state index >= 15 is 0 Å². The van der Waals surface area contributed by atoms with Gasteiger partial charge in [-0.2, -0.15) is 18.3 Å². The van der Waals surface area contributed by atoms with Gasteiger partial charge in [-0.05, 0) is 12.1 Å². The number of pyridine rings is 1. The maximum Gasteiger partial charge on any atom is 0.431 e. The van der Waals surface area contributed by atoms with Crippen LogP contribution in [0.4, 0.5) is 13.2 Å². The van der Waals surface area contributed by atoms with E-state index in [9.17, 15) is 22.8 Å². The maximum absolute atomic E-state index is 12.4. The lowest BCUT2D eigenvalue weighted by molar-refractivity contribution is -0.141. The summed E-state index contributed by atoms with van der Waals surface area (Å²) in [4.78, 5) is 30.2. The minimum atomic E-state index is -4.67. The molecule has 0 bridgehead atoms. The number of nitrogens with one attached hydrogen (secondary N) is 2. The molecule has 0 unspecified atom stereocenters. The molecule has 0 spiro atoms. The molecule has 2 aromatic heterocycles. The van der Waals surface area contributed by atoms with Crippen LogP contribution in [0.3, 0.4) is 0 Å². The number of halogens is 3. The Kier molecular flexibility index (Phi) is 3.78. The monoisotopic (exact) mass is 301 g/mol. The summed E-state index contributed by atoms with van der Waals surface area (Å²) in [7, 11) is 1.39. The summed E-state index contributed by atoms with van der Waals surface area (Å²) < 4.78 is 37.3. The van der Waals surface area contributed by atoms with Crippen molar-refractivity contribution in [2.24, 2.45) is 0 Å². The van der Waals surface area contributed by atoms with Crippen molar-refractivity contribution in [3.63, 3.8) is 0 Å². The molecule has 7 nitrogen and oxygen atoms in total. The average molecular weight is 301 g/mol. The van der Waals surface area contributed by atoms with Crippen LogP contribution >= 0.6 is 0 Å². The number of aromatic amines is 2. The standard InChI is InChI=1S/C11H10F3N5O2/c1-19(4-8-15-5-16-18-8)10(21)6-2-3-7(11(12,13)14)17-9(6)20/h2-3,5H,4H2,1H3,(H,17,20)(H,15,16,18). The molecule has 0 radical (unpaired) electrons. The van der Waals surface area contributed by atoms with E-state index in [0.29, 0.717) is 11.9 Å². The van der Waals surface area contributed by atoms with E-state index in [1.54, 1.807) is 4.98 Å². The zero-order valence-corrected chi connectivity index (χ0v) is 10.7. The molecule has 2 N–H and O–H groups in total. The van der Waals surface area contributed by atoms with Crippen LogP contribution in [0.5, 0.6) is 0 Å². The third-order valence-corrected chi connectivity index (χ3v) is 2.64. The van der Waals surface area contributed by atoms with Crippen LogP contribution in [0.15, 0.2) is 23.3 Å². The van der Waals surface area contributed by atoms with Gasteiger partial charge >= 0.3 is 6.18 Å². The molecule has 10 heteroatoms. The van der Waals surface area contributed by atoms with E-state index in [-0.39, 0.29) is 12.1 Å². The van der Waals surface area contributed by atoms with Crippen LogP contribution in [-0.4, -0.2) is 38.0 Å². The highest BCUT2D eigenvalue weighted by Gasteiger charge is 2.32. The first-order valence-electron chi connectivity index (χ1n) is 5.69. The SMILES string of the molecule is CN(Cc1ncn[nH]1)C(=O)c1ccc(C(F)(F)F)[nH]c1=O. The van der Waals surface area contributed by atoms with Gasteiger partial charge in [0.15, 0.2) is 0 Å². The van der Waals surface area contributed by atoms with Crippen LogP contribution in [0.25, 0.3) is 0 Å². The second-order valence-corrected chi connectivity index (χ2v) is 4.21. The molecule has 21 heavy (non-hydrogen) atoms. The van der Waals surface area contributed by atoms with E-state index in [2.05, 4.69) is 15.2 Å². The predicted molar refractivity (Wildman–Crippen MR) is 64.2 cm³/mol. The van der Waals surface area contributed by atoms with Gasteiger partial charge in [-0.1, -0.05) is 0 Å². The number of amides is 1. The van der Waals surface area contributed by atoms with E-state index in [1.165, 1.54) is 13.4 Å². The minimum Gasteiger partial charge on any atom is -0.334 e. The third kappa shape index (κ3) is 3.27. The number of hydrogen-bond donors (Lipinski definition) is 2. The zero-order valence-electron chi connectivity index (χ0n) is 10.7. The molecule has 0 aromatic carbocycles. The topological polar surface area (TPSA) is 94.7 Å². The lowest BCUT2D eigenvalue weighted by atomic mass is 10.2. The van der Waals surface area contributed by atoms with Crippen molar-refractivity contribution >= 4 is 5.91 Å². The molecule has 0 saturated heterocycles. The van der Waals surface area contributed by atoms with Crippen molar-refractivity contribution in [3.05, 3.63) is 45.9 Å². The molecule has 2 rings (SSSR count). The highest BCUT2D eigenvalue weighted by Crippen LogP contribution is 2.26. The van der Waals surface area contributed by atoms with Crippen molar-refractivity contribution in [2.45, 2.75) is 12.7 Å². The Labute approximate surface area is 115 Å². The fraction of sp³-hybridized carbons (Fsp3) is 0.273. The fourth-order valence-corrected chi connectivity index (χ4v) is 1.62. The van der Waals surface area contributed by atoms with E-state index in [0.717, 1.165) is 11.0 Å². The van der Waals surface area contributed by atoms with Gasteiger partial charge in [0.2, 0.25) is 0 Å². The lowest BCUT2D eigenvalue weighted by Crippen LogP contribution is -2.32. The number of aromatic nitrogens is 4. The number of nitrogens with zero attached hydrogens (tertiary/aromatic N) is 3. The Balaban J connectivity index is 2.21. The molecule has 112 valence electrons. The van der Waals surface area contributed by atoms with Crippen molar-refractivity contribution in [1.29, 1.82) is 0 Å². The first-order valence-corrected chi connectivity index (χ1v) is 5.69.